The van der Waals surface area contributed by atoms with Crippen LogP contribution in [-0.4, -0.2) is 16.9 Å². The predicted octanol–water partition coefficient (Wildman–Crippen LogP) is 0.847. The third-order valence-corrected chi connectivity index (χ3v) is 1.64. The average molecular weight is 210 g/mol. The first-order chi connectivity index (χ1) is 7.02. The van der Waals surface area contributed by atoms with Crippen LogP contribution in [-0.2, 0) is 4.79 Å². The lowest BCUT2D eigenvalue weighted by Crippen LogP contribution is -2.31. The molecule has 1 atom stereocenters. The third-order valence-electron chi connectivity index (χ3n) is 1.64. The maximum Gasteiger partial charge on any atom is 0.328 e. The summed E-state index contributed by atoms with van der Waals surface area (Å²) in [5.41, 5.74) is 5.01. The standard InChI is InChI=1S/C9H10N2O4/c1-6(10)9(12)15-8-5-3-2-4-7(8)11(13)14/h2-6H,10H2,1H3/t6-/m1/s1. The molecular weight excluding hydrogens is 200 g/mol. The van der Waals surface area contributed by atoms with Gasteiger partial charge in [-0.25, -0.2) is 4.79 Å². The number of benzene rings is 1. The monoisotopic (exact) mass is 210 g/mol. The van der Waals surface area contributed by atoms with E-state index >= 15 is 0 Å². The molecule has 1 aromatic rings. The number of rotatable bonds is 3. The van der Waals surface area contributed by atoms with Gasteiger partial charge in [-0.05, 0) is 13.0 Å². The molecule has 0 amide bonds. The summed E-state index contributed by atoms with van der Waals surface area (Å²) in [6, 6.07) is 4.81. The molecule has 0 aliphatic rings. The van der Waals surface area contributed by atoms with E-state index in [-0.39, 0.29) is 11.4 Å². The molecule has 0 radical (unpaired) electrons. The van der Waals surface area contributed by atoms with Gasteiger partial charge >= 0.3 is 11.7 Å². The van der Waals surface area contributed by atoms with E-state index in [1.807, 2.05) is 0 Å². The van der Waals surface area contributed by atoms with Gasteiger partial charge in [-0.1, -0.05) is 12.1 Å². The second-order valence-corrected chi connectivity index (χ2v) is 2.93. The molecule has 0 aliphatic carbocycles. The topological polar surface area (TPSA) is 95.5 Å². The lowest BCUT2D eigenvalue weighted by atomic mass is 10.3. The zero-order valence-corrected chi connectivity index (χ0v) is 8.04. The first kappa shape index (κ1) is 11.1. The van der Waals surface area contributed by atoms with Gasteiger partial charge < -0.3 is 10.5 Å². The van der Waals surface area contributed by atoms with E-state index in [2.05, 4.69) is 0 Å². The number of nitro benzene ring substituents is 1. The molecule has 1 rings (SSSR count). The molecule has 0 aliphatic heterocycles. The van der Waals surface area contributed by atoms with Gasteiger partial charge in [0.05, 0.1) is 4.92 Å². The van der Waals surface area contributed by atoms with Gasteiger partial charge in [0.15, 0.2) is 0 Å². The lowest BCUT2D eigenvalue weighted by Gasteiger charge is -2.06. The van der Waals surface area contributed by atoms with Crippen LogP contribution >= 0.6 is 0 Å². The van der Waals surface area contributed by atoms with Crippen LogP contribution in [0.4, 0.5) is 5.69 Å². The fourth-order valence-corrected chi connectivity index (χ4v) is 0.896. The molecule has 6 heteroatoms. The molecule has 0 unspecified atom stereocenters. The van der Waals surface area contributed by atoms with E-state index in [0.29, 0.717) is 0 Å². The second-order valence-electron chi connectivity index (χ2n) is 2.93. The van der Waals surface area contributed by atoms with Crippen molar-refractivity contribution in [2.75, 3.05) is 0 Å². The molecule has 0 saturated heterocycles. The molecule has 0 spiro atoms. The zero-order valence-electron chi connectivity index (χ0n) is 8.04. The SMILES string of the molecule is C[C@@H](N)C(=O)Oc1ccccc1[N+](=O)[O-]. The smallest absolute Gasteiger partial charge is 0.328 e. The summed E-state index contributed by atoms with van der Waals surface area (Å²) in [4.78, 5) is 21.1. The van der Waals surface area contributed by atoms with E-state index < -0.39 is 16.9 Å². The number of para-hydroxylation sites is 2. The summed E-state index contributed by atoms with van der Waals surface area (Å²) >= 11 is 0. The molecule has 80 valence electrons. The van der Waals surface area contributed by atoms with Crippen molar-refractivity contribution in [3.8, 4) is 5.75 Å². The van der Waals surface area contributed by atoms with Crippen LogP contribution in [0.3, 0.4) is 0 Å². The normalized spacial score (nSPS) is 11.9. The highest BCUT2D eigenvalue weighted by molar-refractivity contribution is 5.78. The van der Waals surface area contributed by atoms with Gasteiger partial charge in [0.1, 0.15) is 6.04 Å². The first-order valence-electron chi connectivity index (χ1n) is 4.23. The Balaban J connectivity index is 2.94. The average Bonchev–Trinajstić information content (AvgIpc) is 2.18. The highest BCUT2D eigenvalue weighted by atomic mass is 16.6. The summed E-state index contributed by atoms with van der Waals surface area (Å²) in [6.07, 6.45) is 0. The van der Waals surface area contributed by atoms with Crippen molar-refractivity contribution in [1.29, 1.82) is 0 Å². The van der Waals surface area contributed by atoms with Crippen LogP contribution in [0.1, 0.15) is 6.92 Å². The Bertz CT molecular complexity index is 389. The van der Waals surface area contributed by atoms with E-state index in [0.717, 1.165) is 0 Å². The molecular formula is C9H10N2O4. The van der Waals surface area contributed by atoms with Gasteiger partial charge in [0.25, 0.3) is 0 Å². The quantitative estimate of drug-likeness (QED) is 0.345. The van der Waals surface area contributed by atoms with Crippen LogP contribution in [0.2, 0.25) is 0 Å². The minimum atomic E-state index is -0.815. The number of nitrogens with zero attached hydrogens (tertiary/aromatic N) is 1. The molecule has 0 heterocycles. The summed E-state index contributed by atoms with van der Waals surface area (Å²) in [7, 11) is 0. The Kier molecular flexibility index (Phi) is 3.35. The van der Waals surface area contributed by atoms with Crippen molar-refractivity contribution in [1.82, 2.24) is 0 Å². The number of ether oxygens (including phenoxy) is 1. The number of nitrogens with two attached hydrogens (primary N) is 1. The van der Waals surface area contributed by atoms with Crippen molar-refractivity contribution >= 4 is 11.7 Å². The van der Waals surface area contributed by atoms with Crippen molar-refractivity contribution in [2.24, 2.45) is 5.73 Å². The minimum Gasteiger partial charge on any atom is -0.418 e. The molecule has 0 fully saturated rings. The van der Waals surface area contributed by atoms with Gasteiger partial charge in [-0.2, -0.15) is 0 Å². The summed E-state index contributed by atoms with van der Waals surface area (Å²) in [6.45, 7) is 1.44. The van der Waals surface area contributed by atoms with Crippen LogP contribution in [0.25, 0.3) is 0 Å². The fourth-order valence-electron chi connectivity index (χ4n) is 0.896. The Morgan fingerprint density at radius 1 is 1.53 bits per heavy atom. The van der Waals surface area contributed by atoms with Crippen LogP contribution in [0.15, 0.2) is 24.3 Å². The van der Waals surface area contributed by atoms with Crippen LogP contribution in [0, 0.1) is 10.1 Å². The van der Waals surface area contributed by atoms with Crippen LogP contribution < -0.4 is 10.5 Å². The highest BCUT2D eigenvalue weighted by Crippen LogP contribution is 2.25. The molecule has 0 bridgehead atoms. The molecule has 0 saturated carbocycles. The molecule has 2 N–H and O–H groups in total. The van der Waals surface area contributed by atoms with E-state index in [1.54, 1.807) is 0 Å². The number of hydrogen-bond donors (Lipinski definition) is 1. The number of carbonyl (C=O) groups excluding carboxylic acids is 1. The zero-order chi connectivity index (χ0) is 11.4. The number of nitro groups is 1. The number of hydrogen-bond acceptors (Lipinski definition) is 5. The van der Waals surface area contributed by atoms with E-state index in [4.69, 9.17) is 10.5 Å². The Morgan fingerprint density at radius 3 is 2.67 bits per heavy atom. The Labute approximate surface area is 85.8 Å². The summed E-state index contributed by atoms with van der Waals surface area (Å²) in [5.74, 6) is -0.797. The van der Waals surface area contributed by atoms with Crippen molar-refractivity contribution in [3.63, 3.8) is 0 Å². The number of carbonyl (C=O) groups is 1. The molecule has 6 nitrogen and oxygen atoms in total. The maximum atomic E-state index is 11.1. The summed E-state index contributed by atoms with van der Waals surface area (Å²) in [5, 5.41) is 10.6. The van der Waals surface area contributed by atoms with Gasteiger partial charge in [-0.15, -0.1) is 0 Å². The van der Waals surface area contributed by atoms with Gasteiger partial charge in [-0.3, -0.25) is 10.1 Å². The molecule has 0 aromatic heterocycles. The Morgan fingerprint density at radius 2 is 2.13 bits per heavy atom. The van der Waals surface area contributed by atoms with Crippen LogP contribution in [0.5, 0.6) is 5.75 Å². The lowest BCUT2D eigenvalue weighted by molar-refractivity contribution is -0.385. The highest BCUT2D eigenvalue weighted by Gasteiger charge is 2.18. The maximum absolute atomic E-state index is 11.1. The van der Waals surface area contributed by atoms with Crippen molar-refractivity contribution in [3.05, 3.63) is 34.4 Å². The Hall–Kier alpha value is -1.95. The van der Waals surface area contributed by atoms with Gasteiger partial charge in [0.2, 0.25) is 5.75 Å². The summed E-state index contributed by atoms with van der Waals surface area (Å²) < 4.78 is 4.76. The fraction of sp³-hybridized carbons (Fsp3) is 0.222. The van der Waals surface area contributed by atoms with Crippen molar-refractivity contribution in [2.45, 2.75) is 13.0 Å². The minimum absolute atomic E-state index is 0.0928. The largest absolute Gasteiger partial charge is 0.418 e. The molecule has 15 heavy (non-hydrogen) atoms. The van der Waals surface area contributed by atoms with Gasteiger partial charge in [0, 0.05) is 6.07 Å². The third kappa shape index (κ3) is 2.75. The van der Waals surface area contributed by atoms with E-state index in [1.165, 1.54) is 31.2 Å². The predicted molar refractivity (Wildman–Crippen MR) is 52.4 cm³/mol. The second kappa shape index (κ2) is 4.52. The molecule has 1 aromatic carbocycles. The van der Waals surface area contributed by atoms with E-state index in [9.17, 15) is 14.9 Å². The first-order valence-corrected chi connectivity index (χ1v) is 4.23. The number of esters is 1. The van der Waals surface area contributed by atoms with Crippen molar-refractivity contribution < 1.29 is 14.5 Å².